The lowest BCUT2D eigenvalue weighted by Crippen LogP contribution is -2.55. The molecule has 3 heteroatoms. The Morgan fingerprint density at radius 3 is 2.59 bits per heavy atom. The number of allylic oxidation sites excluding steroid dienone is 2. The molecular formula is C19H29NO2. The average molecular weight is 303 g/mol. The molecule has 0 radical (unpaired) electrons. The number of aliphatic hydroxyl groups excluding tert-OH is 2. The van der Waals surface area contributed by atoms with E-state index in [2.05, 4.69) is 19.9 Å². The highest BCUT2D eigenvalue weighted by Crippen LogP contribution is 2.64. The lowest BCUT2D eigenvalue weighted by molar-refractivity contribution is -0.0980. The third kappa shape index (κ3) is 1.75. The maximum atomic E-state index is 10.9. The summed E-state index contributed by atoms with van der Waals surface area (Å²) >= 11 is 0. The Morgan fingerprint density at radius 2 is 1.82 bits per heavy atom. The fraction of sp³-hybridized carbons (Fsp3) is 0.789. The quantitative estimate of drug-likeness (QED) is 0.603. The third-order valence-corrected chi connectivity index (χ3v) is 7.75. The zero-order chi connectivity index (χ0) is 15.7. The average Bonchev–Trinajstić information content (AvgIpc) is 2.77. The van der Waals surface area contributed by atoms with Crippen LogP contribution >= 0.6 is 0 Å². The summed E-state index contributed by atoms with van der Waals surface area (Å²) in [5, 5.41) is 20.9. The maximum absolute atomic E-state index is 10.9. The summed E-state index contributed by atoms with van der Waals surface area (Å²) in [6.45, 7) is 4.68. The number of fused-ring (bicyclic) bond motifs is 5. The summed E-state index contributed by atoms with van der Waals surface area (Å²) in [6.07, 6.45) is 9.62. The smallest absolute Gasteiger partial charge is 0.0724 e. The molecule has 2 fully saturated rings. The topological polar surface area (TPSA) is 66.5 Å². The molecule has 22 heavy (non-hydrogen) atoms. The van der Waals surface area contributed by atoms with Crippen LogP contribution in [0.15, 0.2) is 23.4 Å². The fourth-order valence-corrected chi connectivity index (χ4v) is 6.28. The van der Waals surface area contributed by atoms with E-state index < -0.39 is 0 Å². The predicted octanol–water partition coefficient (Wildman–Crippen LogP) is 2.73. The molecule has 0 aromatic heterocycles. The fourth-order valence-electron chi connectivity index (χ4n) is 6.28. The number of hydrogen-bond donors (Lipinski definition) is 3. The van der Waals surface area contributed by atoms with Gasteiger partial charge in [-0.15, -0.1) is 0 Å². The van der Waals surface area contributed by atoms with Crippen LogP contribution in [-0.2, 0) is 0 Å². The van der Waals surface area contributed by atoms with Crippen molar-refractivity contribution in [3.05, 3.63) is 23.4 Å². The largest absolute Gasteiger partial charge is 0.402 e. The lowest BCUT2D eigenvalue weighted by atomic mass is 9.46. The number of aliphatic hydroxyl groups is 2. The van der Waals surface area contributed by atoms with Gasteiger partial charge in [-0.05, 0) is 61.7 Å². The van der Waals surface area contributed by atoms with E-state index in [0.717, 1.165) is 44.2 Å². The summed E-state index contributed by atoms with van der Waals surface area (Å²) in [5.74, 6) is 1.38. The van der Waals surface area contributed by atoms with Crippen LogP contribution in [0.3, 0.4) is 0 Å². The molecular weight excluding hydrogens is 274 g/mol. The molecule has 0 saturated heterocycles. The number of nitrogens with two attached hydrogens (primary N) is 1. The van der Waals surface area contributed by atoms with E-state index in [1.54, 1.807) is 0 Å². The van der Waals surface area contributed by atoms with Crippen LogP contribution in [0.1, 0.15) is 52.4 Å². The Hall–Kier alpha value is -0.800. The molecule has 0 aliphatic heterocycles. The molecule has 4 aliphatic carbocycles. The van der Waals surface area contributed by atoms with Gasteiger partial charge in [0, 0.05) is 11.1 Å². The second-order valence-electron chi connectivity index (χ2n) is 8.63. The van der Waals surface area contributed by atoms with Crippen molar-refractivity contribution >= 4 is 0 Å². The van der Waals surface area contributed by atoms with Crippen molar-refractivity contribution in [3.8, 4) is 0 Å². The predicted molar refractivity (Wildman–Crippen MR) is 86.8 cm³/mol. The van der Waals surface area contributed by atoms with Crippen LogP contribution in [0.5, 0.6) is 0 Å². The van der Waals surface area contributed by atoms with Gasteiger partial charge in [0.25, 0.3) is 0 Å². The summed E-state index contributed by atoms with van der Waals surface area (Å²) in [7, 11) is 0. The number of rotatable bonds is 0. The maximum Gasteiger partial charge on any atom is 0.0724 e. The molecule has 0 aromatic carbocycles. The van der Waals surface area contributed by atoms with Crippen molar-refractivity contribution in [2.24, 2.45) is 34.3 Å². The molecule has 0 spiro atoms. The Balaban J connectivity index is 1.73. The minimum Gasteiger partial charge on any atom is -0.402 e. The first-order valence-electron chi connectivity index (χ1n) is 8.90. The molecule has 0 heterocycles. The summed E-state index contributed by atoms with van der Waals surface area (Å²) in [4.78, 5) is 0. The highest BCUT2D eigenvalue weighted by molar-refractivity contribution is 5.30. The van der Waals surface area contributed by atoms with Gasteiger partial charge < -0.3 is 15.9 Å². The van der Waals surface area contributed by atoms with Gasteiger partial charge >= 0.3 is 0 Å². The molecule has 4 rings (SSSR count). The highest BCUT2D eigenvalue weighted by Gasteiger charge is 2.59. The second-order valence-corrected chi connectivity index (χ2v) is 8.63. The molecule has 7 atom stereocenters. The molecule has 0 bridgehead atoms. The van der Waals surface area contributed by atoms with Gasteiger partial charge in [-0.1, -0.05) is 31.6 Å². The highest BCUT2D eigenvalue weighted by atomic mass is 16.3. The summed E-state index contributed by atoms with van der Waals surface area (Å²) in [6, 6.07) is 0. The zero-order valence-corrected chi connectivity index (χ0v) is 13.8. The molecule has 0 amide bonds. The van der Waals surface area contributed by atoms with Crippen LogP contribution in [-0.4, -0.2) is 22.4 Å². The standard InChI is InChI=1S/C19H29NO2/c1-18-7-5-12(21)9-11(18)10-15(22)17-13-3-4-16(20)19(13,2)8-6-14(17)18/h4,9,12-15,17,21-22H,3,5-8,10,20H2,1-2H3/t12-,13-,14-,15-,17-,18-,19-/m0/s1. The minimum atomic E-state index is -0.315. The van der Waals surface area contributed by atoms with Crippen molar-refractivity contribution in [2.75, 3.05) is 0 Å². The van der Waals surface area contributed by atoms with E-state index in [-0.39, 0.29) is 23.0 Å². The first-order valence-corrected chi connectivity index (χ1v) is 8.90. The van der Waals surface area contributed by atoms with E-state index in [9.17, 15) is 10.2 Å². The first kappa shape index (κ1) is 14.8. The molecule has 4 aliphatic rings. The van der Waals surface area contributed by atoms with Gasteiger partial charge in [-0.3, -0.25) is 0 Å². The Morgan fingerprint density at radius 1 is 1.09 bits per heavy atom. The van der Waals surface area contributed by atoms with E-state index in [1.807, 2.05) is 6.08 Å². The van der Waals surface area contributed by atoms with Crippen LogP contribution in [0.25, 0.3) is 0 Å². The normalized spacial score (nSPS) is 53.9. The molecule has 122 valence electrons. The first-order chi connectivity index (χ1) is 10.4. The van der Waals surface area contributed by atoms with Crippen molar-refractivity contribution in [3.63, 3.8) is 0 Å². The van der Waals surface area contributed by atoms with Crippen molar-refractivity contribution in [1.29, 1.82) is 0 Å². The molecule has 4 N–H and O–H groups in total. The van der Waals surface area contributed by atoms with Crippen LogP contribution in [0.2, 0.25) is 0 Å². The van der Waals surface area contributed by atoms with Gasteiger partial charge in [-0.25, -0.2) is 0 Å². The zero-order valence-electron chi connectivity index (χ0n) is 13.8. The van der Waals surface area contributed by atoms with Gasteiger partial charge in [0.15, 0.2) is 0 Å². The monoisotopic (exact) mass is 303 g/mol. The van der Waals surface area contributed by atoms with Crippen LogP contribution in [0, 0.1) is 28.6 Å². The molecule has 0 unspecified atom stereocenters. The van der Waals surface area contributed by atoms with Crippen LogP contribution < -0.4 is 5.73 Å². The van der Waals surface area contributed by atoms with Crippen molar-refractivity contribution in [1.82, 2.24) is 0 Å². The second kappa shape index (κ2) is 4.61. The summed E-state index contributed by atoms with van der Waals surface area (Å²) in [5.41, 5.74) is 8.93. The summed E-state index contributed by atoms with van der Waals surface area (Å²) < 4.78 is 0. The van der Waals surface area contributed by atoms with Gasteiger partial charge in [0.05, 0.1) is 12.2 Å². The van der Waals surface area contributed by atoms with E-state index in [4.69, 9.17) is 5.73 Å². The minimum absolute atomic E-state index is 0.0912. The van der Waals surface area contributed by atoms with E-state index in [1.165, 1.54) is 5.57 Å². The Labute approximate surface area is 133 Å². The van der Waals surface area contributed by atoms with E-state index in [0.29, 0.717) is 17.8 Å². The van der Waals surface area contributed by atoms with Crippen LogP contribution in [0.4, 0.5) is 0 Å². The SMILES string of the molecule is C[C@]12CC[C@H](O)C=C1C[C@H](O)[C@@H]1[C@@H]2CC[C@]2(C)C(N)=CC[C@@H]12. The van der Waals surface area contributed by atoms with Gasteiger partial charge in [0.1, 0.15) is 0 Å². The Bertz CT molecular complexity index is 554. The van der Waals surface area contributed by atoms with Gasteiger partial charge in [-0.2, -0.15) is 0 Å². The van der Waals surface area contributed by atoms with E-state index >= 15 is 0 Å². The third-order valence-electron chi connectivity index (χ3n) is 7.75. The Kier molecular flexibility index (Phi) is 3.09. The molecule has 3 nitrogen and oxygen atoms in total. The molecule has 2 saturated carbocycles. The van der Waals surface area contributed by atoms with Crippen molar-refractivity contribution < 1.29 is 10.2 Å². The number of hydrogen-bond acceptors (Lipinski definition) is 3. The van der Waals surface area contributed by atoms with Crippen molar-refractivity contribution in [2.45, 2.75) is 64.6 Å². The molecule has 0 aromatic rings. The lowest BCUT2D eigenvalue weighted by Gasteiger charge is -2.59. The van der Waals surface area contributed by atoms with Gasteiger partial charge in [0.2, 0.25) is 0 Å².